The van der Waals surface area contributed by atoms with Crippen LogP contribution in [0.3, 0.4) is 0 Å². The number of nitrogens with one attached hydrogen (secondary N) is 1. The van der Waals surface area contributed by atoms with Gasteiger partial charge in [0.25, 0.3) is 0 Å². The molecule has 0 aliphatic rings. The molecule has 18 heavy (non-hydrogen) atoms. The lowest BCUT2D eigenvalue weighted by Gasteiger charge is -2.08. The van der Waals surface area contributed by atoms with Crippen LogP contribution < -0.4 is 4.72 Å². The predicted octanol–water partition coefficient (Wildman–Crippen LogP) is 2.34. The minimum absolute atomic E-state index is 0.316. The quantitative estimate of drug-likeness (QED) is 0.495. The minimum Gasteiger partial charge on any atom is -0.264 e. The van der Waals surface area contributed by atoms with E-state index in [1.54, 1.807) is 30.6 Å². The lowest BCUT2D eigenvalue weighted by Crippen LogP contribution is -2.25. The van der Waals surface area contributed by atoms with Gasteiger partial charge in [0.2, 0.25) is 10.0 Å². The van der Waals surface area contributed by atoms with Crippen molar-refractivity contribution in [2.75, 3.05) is 11.0 Å². The van der Waals surface area contributed by atoms with Crippen LogP contribution in [-0.2, 0) is 10.0 Å². The van der Waals surface area contributed by atoms with E-state index < -0.39 is 10.0 Å². The number of halogens is 1. The zero-order valence-electron chi connectivity index (χ0n) is 9.64. The predicted molar refractivity (Wildman–Crippen MR) is 80.4 cm³/mol. The largest absolute Gasteiger partial charge is 0.264 e. The summed E-state index contributed by atoms with van der Waals surface area (Å²) in [6.07, 6.45) is 4.09. The molecule has 0 spiro atoms. The fourth-order valence-electron chi connectivity index (χ4n) is 1.68. The van der Waals surface area contributed by atoms with Crippen LogP contribution in [0.5, 0.6) is 0 Å². The highest BCUT2D eigenvalue weighted by molar-refractivity contribution is 14.1. The average Bonchev–Trinajstić information content (AvgIpc) is 2.38. The van der Waals surface area contributed by atoms with E-state index in [9.17, 15) is 8.42 Å². The van der Waals surface area contributed by atoms with Gasteiger partial charge in [0, 0.05) is 34.1 Å². The summed E-state index contributed by atoms with van der Waals surface area (Å²) in [5.74, 6) is 0. The van der Waals surface area contributed by atoms with Crippen molar-refractivity contribution < 1.29 is 8.42 Å². The number of nitrogens with zero attached hydrogens (tertiary/aromatic N) is 1. The molecule has 1 heterocycles. The van der Waals surface area contributed by atoms with Gasteiger partial charge in [-0.25, -0.2) is 13.1 Å². The Bertz CT molecular complexity index is 638. The highest BCUT2D eigenvalue weighted by atomic mass is 127. The van der Waals surface area contributed by atoms with Crippen molar-refractivity contribution in [2.24, 2.45) is 0 Å². The monoisotopic (exact) mass is 376 g/mol. The number of alkyl halides is 1. The van der Waals surface area contributed by atoms with E-state index in [-0.39, 0.29) is 0 Å². The molecule has 96 valence electrons. The number of hydrogen-bond donors (Lipinski definition) is 1. The number of benzene rings is 1. The summed E-state index contributed by atoms with van der Waals surface area (Å²) in [6.45, 7) is 0.465. The highest BCUT2D eigenvalue weighted by Gasteiger charge is 2.16. The molecule has 0 unspecified atom stereocenters. The van der Waals surface area contributed by atoms with Crippen molar-refractivity contribution in [3.63, 3.8) is 0 Å². The summed E-state index contributed by atoms with van der Waals surface area (Å²) < 4.78 is 27.9. The highest BCUT2D eigenvalue weighted by Crippen LogP contribution is 2.21. The van der Waals surface area contributed by atoms with Crippen LogP contribution in [-0.4, -0.2) is 24.4 Å². The molecule has 0 bridgehead atoms. The molecule has 2 aromatic rings. The van der Waals surface area contributed by atoms with Gasteiger partial charge in [0.1, 0.15) is 0 Å². The first-order valence-corrected chi connectivity index (χ1v) is 8.54. The summed E-state index contributed by atoms with van der Waals surface area (Å²) in [5, 5.41) is 1.53. The molecule has 0 saturated carbocycles. The van der Waals surface area contributed by atoms with E-state index in [4.69, 9.17) is 0 Å². The van der Waals surface area contributed by atoms with Gasteiger partial charge < -0.3 is 0 Å². The van der Waals surface area contributed by atoms with E-state index in [0.717, 1.165) is 16.2 Å². The third kappa shape index (κ3) is 2.99. The molecule has 1 N–H and O–H groups in total. The number of hydrogen-bond acceptors (Lipinski definition) is 3. The van der Waals surface area contributed by atoms with Gasteiger partial charge in [-0.05, 0) is 18.6 Å². The standard InChI is InChI=1S/C12H13IN2O2S/c13-6-2-7-15-18(16,17)12-4-1-3-10-9-14-8-5-11(10)12/h1,3-5,8-9,15H,2,6-7H2. The first-order chi connectivity index (χ1) is 8.65. The Hall–Kier alpha value is -0.730. The normalized spacial score (nSPS) is 11.8. The summed E-state index contributed by atoms with van der Waals surface area (Å²) in [5.41, 5.74) is 0. The number of aromatic nitrogens is 1. The maximum absolute atomic E-state index is 12.2. The third-order valence-corrected chi connectivity index (χ3v) is 4.81. The number of sulfonamides is 1. The summed E-state index contributed by atoms with van der Waals surface area (Å²) in [7, 11) is -3.44. The van der Waals surface area contributed by atoms with Gasteiger partial charge in [0.15, 0.2) is 0 Å². The van der Waals surface area contributed by atoms with Crippen molar-refractivity contribution >= 4 is 43.4 Å². The molecule has 4 nitrogen and oxygen atoms in total. The van der Waals surface area contributed by atoms with Gasteiger partial charge in [-0.3, -0.25) is 4.98 Å². The van der Waals surface area contributed by atoms with Crippen molar-refractivity contribution in [2.45, 2.75) is 11.3 Å². The van der Waals surface area contributed by atoms with Gasteiger partial charge in [-0.1, -0.05) is 34.7 Å². The van der Waals surface area contributed by atoms with E-state index in [2.05, 4.69) is 32.3 Å². The van der Waals surface area contributed by atoms with Gasteiger partial charge >= 0.3 is 0 Å². The molecule has 0 aliphatic heterocycles. The molecule has 2 rings (SSSR count). The van der Waals surface area contributed by atoms with Crippen LogP contribution in [0.4, 0.5) is 0 Å². The molecular formula is C12H13IN2O2S. The number of pyridine rings is 1. The third-order valence-electron chi connectivity index (χ3n) is 2.53. The van der Waals surface area contributed by atoms with E-state index in [1.165, 1.54) is 0 Å². The average molecular weight is 376 g/mol. The van der Waals surface area contributed by atoms with E-state index in [1.807, 2.05) is 6.07 Å². The molecule has 0 aliphatic carbocycles. The van der Waals surface area contributed by atoms with E-state index in [0.29, 0.717) is 16.8 Å². The molecule has 0 radical (unpaired) electrons. The Morgan fingerprint density at radius 3 is 2.89 bits per heavy atom. The zero-order valence-corrected chi connectivity index (χ0v) is 12.6. The molecule has 0 amide bonds. The van der Waals surface area contributed by atoms with Crippen LogP contribution >= 0.6 is 22.6 Å². The van der Waals surface area contributed by atoms with Crippen molar-refractivity contribution in [3.05, 3.63) is 36.7 Å². The molecule has 0 saturated heterocycles. The molecular weight excluding hydrogens is 363 g/mol. The Morgan fingerprint density at radius 2 is 2.11 bits per heavy atom. The Balaban J connectivity index is 2.41. The summed E-state index contributed by atoms with van der Waals surface area (Å²) >= 11 is 2.22. The second-order valence-corrected chi connectivity index (χ2v) is 6.61. The number of fused-ring (bicyclic) bond motifs is 1. The zero-order chi connectivity index (χ0) is 13.0. The Labute approximate surface area is 120 Å². The van der Waals surface area contributed by atoms with Crippen molar-refractivity contribution in [1.82, 2.24) is 9.71 Å². The fourth-order valence-corrected chi connectivity index (χ4v) is 3.36. The van der Waals surface area contributed by atoms with E-state index >= 15 is 0 Å². The smallest absolute Gasteiger partial charge is 0.241 e. The first kappa shape index (κ1) is 13.7. The summed E-state index contributed by atoms with van der Waals surface area (Å²) in [4.78, 5) is 4.31. The van der Waals surface area contributed by atoms with Crippen LogP contribution in [0.1, 0.15) is 6.42 Å². The topological polar surface area (TPSA) is 59.1 Å². The molecule has 6 heteroatoms. The maximum Gasteiger partial charge on any atom is 0.241 e. The van der Waals surface area contributed by atoms with Gasteiger partial charge in [-0.2, -0.15) is 0 Å². The second kappa shape index (κ2) is 5.94. The molecule has 1 aromatic heterocycles. The lowest BCUT2D eigenvalue weighted by molar-refractivity contribution is 0.582. The molecule has 0 fully saturated rings. The SMILES string of the molecule is O=S(=O)(NCCCI)c1cccc2cnccc12. The first-order valence-electron chi connectivity index (χ1n) is 5.53. The Kier molecular flexibility index (Phi) is 4.52. The van der Waals surface area contributed by atoms with Crippen LogP contribution in [0.25, 0.3) is 10.8 Å². The van der Waals surface area contributed by atoms with Gasteiger partial charge in [0.05, 0.1) is 4.90 Å². The van der Waals surface area contributed by atoms with Crippen molar-refractivity contribution in [1.29, 1.82) is 0 Å². The van der Waals surface area contributed by atoms with Crippen LogP contribution in [0, 0.1) is 0 Å². The minimum atomic E-state index is -3.44. The molecule has 1 aromatic carbocycles. The van der Waals surface area contributed by atoms with Crippen molar-refractivity contribution in [3.8, 4) is 0 Å². The molecule has 0 atom stereocenters. The van der Waals surface area contributed by atoms with Crippen LogP contribution in [0.2, 0.25) is 0 Å². The Morgan fingerprint density at radius 1 is 1.28 bits per heavy atom. The lowest BCUT2D eigenvalue weighted by atomic mass is 10.2. The second-order valence-electron chi connectivity index (χ2n) is 3.79. The van der Waals surface area contributed by atoms with Crippen LogP contribution in [0.15, 0.2) is 41.6 Å². The fraction of sp³-hybridized carbons (Fsp3) is 0.250. The number of rotatable bonds is 5. The maximum atomic E-state index is 12.2. The summed E-state index contributed by atoms with van der Waals surface area (Å²) in [6, 6.07) is 6.93. The van der Waals surface area contributed by atoms with Gasteiger partial charge in [-0.15, -0.1) is 0 Å².